The molecule has 0 aliphatic rings. The highest BCUT2D eigenvalue weighted by molar-refractivity contribution is 6.30. The fourth-order valence-corrected chi connectivity index (χ4v) is 1.95. The first-order valence-corrected chi connectivity index (χ1v) is 5.90. The van der Waals surface area contributed by atoms with Crippen LogP contribution in [-0.4, -0.2) is 14.5 Å². The first kappa shape index (κ1) is 12.1. The van der Waals surface area contributed by atoms with E-state index in [0.29, 0.717) is 11.7 Å². The maximum atomic E-state index is 6.18. The van der Waals surface area contributed by atoms with E-state index < -0.39 is 0 Å². The third-order valence-corrected chi connectivity index (χ3v) is 3.18. The number of nitrogens with zero attached hydrogens (tertiary/aromatic N) is 3. The van der Waals surface area contributed by atoms with Crippen LogP contribution in [-0.2, 0) is 26.4 Å². The number of rotatable bonds is 4. The standard InChI is InChI=1S/C12H15ClN4/c1-17-11(8-14)16-10(12(17)13)6-5-9-4-2-3-7-15-9/h2-4,7H,5-6,8,14H2,1H3. The molecule has 2 aromatic heterocycles. The Morgan fingerprint density at radius 3 is 2.76 bits per heavy atom. The van der Waals surface area contributed by atoms with Gasteiger partial charge in [0, 0.05) is 18.9 Å². The largest absolute Gasteiger partial charge is 0.324 e. The summed E-state index contributed by atoms with van der Waals surface area (Å²) in [5.74, 6) is 0.811. The van der Waals surface area contributed by atoms with Gasteiger partial charge in [0.15, 0.2) is 0 Å². The second-order valence-electron chi connectivity index (χ2n) is 3.85. The Kier molecular flexibility index (Phi) is 3.76. The van der Waals surface area contributed by atoms with Crippen LogP contribution in [0, 0.1) is 0 Å². The van der Waals surface area contributed by atoms with Gasteiger partial charge >= 0.3 is 0 Å². The smallest absolute Gasteiger partial charge is 0.131 e. The summed E-state index contributed by atoms with van der Waals surface area (Å²) >= 11 is 6.18. The molecule has 2 heterocycles. The Hall–Kier alpha value is -1.39. The van der Waals surface area contributed by atoms with Crippen molar-refractivity contribution in [2.45, 2.75) is 19.4 Å². The molecule has 0 fully saturated rings. The van der Waals surface area contributed by atoms with Crippen molar-refractivity contribution in [1.82, 2.24) is 14.5 Å². The summed E-state index contributed by atoms with van der Waals surface area (Å²) in [6.07, 6.45) is 3.41. The molecule has 2 rings (SSSR count). The molecule has 0 aliphatic heterocycles. The molecule has 0 saturated heterocycles. The van der Waals surface area contributed by atoms with E-state index in [1.54, 1.807) is 6.20 Å². The van der Waals surface area contributed by atoms with Crippen LogP contribution in [0.25, 0.3) is 0 Å². The van der Waals surface area contributed by atoms with E-state index in [1.807, 2.05) is 29.8 Å². The topological polar surface area (TPSA) is 56.7 Å². The summed E-state index contributed by atoms with van der Waals surface area (Å²) in [5.41, 5.74) is 7.52. The molecular formula is C12H15ClN4. The highest BCUT2D eigenvalue weighted by Crippen LogP contribution is 2.18. The van der Waals surface area contributed by atoms with Crippen molar-refractivity contribution in [3.05, 3.63) is 46.8 Å². The molecule has 90 valence electrons. The van der Waals surface area contributed by atoms with Gasteiger partial charge in [-0.3, -0.25) is 4.98 Å². The van der Waals surface area contributed by atoms with Crippen molar-refractivity contribution in [2.24, 2.45) is 12.8 Å². The maximum Gasteiger partial charge on any atom is 0.131 e. The highest BCUT2D eigenvalue weighted by Gasteiger charge is 2.11. The SMILES string of the molecule is Cn1c(CN)nc(CCc2ccccn2)c1Cl. The van der Waals surface area contributed by atoms with Crippen LogP contribution < -0.4 is 5.73 Å². The van der Waals surface area contributed by atoms with Gasteiger partial charge in [0.05, 0.1) is 12.2 Å². The van der Waals surface area contributed by atoms with Gasteiger partial charge in [-0.25, -0.2) is 4.98 Å². The number of hydrogen-bond donors (Lipinski definition) is 1. The molecule has 0 unspecified atom stereocenters. The minimum absolute atomic E-state index is 0.403. The quantitative estimate of drug-likeness (QED) is 0.899. The van der Waals surface area contributed by atoms with Gasteiger partial charge in [0.1, 0.15) is 11.0 Å². The van der Waals surface area contributed by atoms with Crippen LogP contribution >= 0.6 is 11.6 Å². The Bertz CT molecular complexity index is 493. The first-order chi connectivity index (χ1) is 8.22. The van der Waals surface area contributed by atoms with Crippen LogP contribution in [0.3, 0.4) is 0 Å². The summed E-state index contributed by atoms with van der Waals surface area (Å²) in [7, 11) is 1.88. The molecule has 4 nitrogen and oxygen atoms in total. The average molecular weight is 251 g/mol. The van der Waals surface area contributed by atoms with Crippen LogP contribution in [0.2, 0.25) is 5.15 Å². The molecule has 0 saturated carbocycles. The van der Waals surface area contributed by atoms with Crippen LogP contribution in [0.1, 0.15) is 17.2 Å². The van der Waals surface area contributed by atoms with E-state index in [-0.39, 0.29) is 0 Å². The number of halogens is 1. The molecule has 0 spiro atoms. The van der Waals surface area contributed by atoms with Crippen molar-refractivity contribution >= 4 is 11.6 Å². The van der Waals surface area contributed by atoms with E-state index in [4.69, 9.17) is 17.3 Å². The number of pyridine rings is 1. The van der Waals surface area contributed by atoms with Gasteiger partial charge in [-0.05, 0) is 25.0 Å². The average Bonchev–Trinajstić information content (AvgIpc) is 2.65. The zero-order valence-corrected chi connectivity index (χ0v) is 10.5. The molecule has 0 aliphatic carbocycles. The third-order valence-electron chi connectivity index (χ3n) is 2.71. The van der Waals surface area contributed by atoms with Gasteiger partial charge in [0.25, 0.3) is 0 Å². The molecule has 0 amide bonds. The molecule has 0 aromatic carbocycles. The maximum absolute atomic E-state index is 6.18. The second-order valence-corrected chi connectivity index (χ2v) is 4.21. The third kappa shape index (κ3) is 2.65. The molecule has 0 bridgehead atoms. The second kappa shape index (κ2) is 5.29. The van der Waals surface area contributed by atoms with Gasteiger partial charge < -0.3 is 10.3 Å². The zero-order valence-electron chi connectivity index (χ0n) is 9.73. The summed E-state index contributed by atoms with van der Waals surface area (Å²) in [5, 5.41) is 0.668. The normalized spacial score (nSPS) is 10.8. The molecule has 17 heavy (non-hydrogen) atoms. The van der Waals surface area contributed by atoms with E-state index in [9.17, 15) is 0 Å². The van der Waals surface area contributed by atoms with Crippen molar-refractivity contribution in [1.29, 1.82) is 0 Å². The van der Waals surface area contributed by atoms with E-state index in [2.05, 4.69) is 9.97 Å². The number of nitrogens with two attached hydrogens (primary N) is 1. The van der Waals surface area contributed by atoms with Crippen molar-refractivity contribution in [3.8, 4) is 0 Å². The van der Waals surface area contributed by atoms with Crippen LogP contribution in [0.15, 0.2) is 24.4 Å². The Balaban J connectivity index is 2.09. The monoisotopic (exact) mass is 250 g/mol. The molecule has 2 aromatic rings. The number of aromatic nitrogens is 3. The van der Waals surface area contributed by atoms with E-state index >= 15 is 0 Å². The van der Waals surface area contributed by atoms with Gasteiger partial charge in [-0.1, -0.05) is 17.7 Å². The number of hydrogen-bond acceptors (Lipinski definition) is 3. The Morgan fingerprint density at radius 2 is 2.18 bits per heavy atom. The number of imidazole rings is 1. The van der Waals surface area contributed by atoms with Gasteiger partial charge in [-0.15, -0.1) is 0 Å². The number of aryl methyl sites for hydroxylation is 2. The summed E-state index contributed by atoms with van der Waals surface area (Å²) in [4.78, 5) is 8.69. The fourth-order valence-electron chi connectivity index (χ4n) is 1.72. The lowest BCUT2D eigenvalue weighted by atomic mass is 10.2. The van der Waals surface area contributed by atoms with Gasteiger partial charge in [0.2, 0.25) is 0 Å². The predicted octanol–water partition coefficient (Wildman–Crippen LogP) is 1.71. The van der Waals surface area contributed by atoms with E-state index in [1.165, 1.54) is 0 Å². The first-order valence-electron chi connectivity index (χ1n) is 5.52. The summed E-state index contributed by atoms with van der Waals surface area (Å²) in [6, 6.07) is 5.89. The molecule has 5 heteroatoms. The van der Waals surface area contributed by atoms with E-state index in [0.717, 1.165) is 30.1 Å². The lowest BCUT2D eigenvalue weighted by Crippen LogP contribution is -2.04. The fraction of sp³-hybridized carbons (Fsp3) is 0.333. The minimum atomic E-state index is 0.403. The van der Waals surface area contributed by atoms with Crippen LogP contribution in [0.4, 0.5) is 0 Å². The summed E-state index contributed by atoms with van der Waals surface area (Å²) < 4.78 is 1.83. The van der Waals surface area contributed by atoms with Crippen LogP contribution in [0.5, 0.6) is 0 Å². The highest BCUT2D eigenvalue weighted by atomic mass is 35.5. The lowest BCUT2D eigenvalue weighted by Gasteiger charge is -1.99. The Labute approximate surface area is 105 Å². The molecular weight excluding hydrogens is 236 g/mol. The van der Waals surface area contributed by atoms with Crippen molar-refractivity contribution in [2.75, 3.05) is 0 Å². The molecule has 0 radical (unpaired) electrons. The molecule has 2 N–H and O–H groups in total. The minimum Gasteiger partial charge on any atom is -0.324 e. The van der Waals surface area contributed by atoms with Crippen molar-refractivity contribution < 1.29 is 0 Å². The lowest BCUT2D eigenvalue weighted by molar-refractivity contribution is 0.793. The molecule has 0 atom stereocenters. The Morgan fingerprint density at radius 1 is 1.35 bits per heavy atom. The van der Waals surface area contributed by atoms with Crippen molar-refractivity contribution in [3.63, 3.8) is 0 Å². The predicted molar refractivity (Wildman–Crippen MR) is 67.8 cm³/mol. The zero-order chi connectivity index (χ0) is 12.3. The summed E-state index contributed by atoms with van der Waals surface area (Å²) in [6.45, 7) is 0.403. The van der Waals surface area contributed by atoms with Gasteiger partial charge in [-0.2, -0.15) is 0 Å².